The second kappa shape index (κ2) is 3.29. The predicted octanol–water partition coefficient (Wildman–Crippen LogP) is 3.06. The summed E-state index contributed by atoms with van der Waals surface area (Å²) in [5.74, 6) is 0.569. The van der Waals surface area contributed by atoms with Gasteiger partial charge in [-0.15, -0.1) is 0 Å². The van der Waals surface area contributed by atoms with Crippen molar-refractivity contribution in [1.29, 1.82) is 0 Å². The van der Waals surface area contributed by atoms with Gasteiger partial charge in [0.15, 0.2) is 0 Å². The Kier molecular flexibility index (Phi) is 2.27. The van der Waals surface area contributed by atoms with E-state index in [9.17, 15) is 0 Å². The number of nitrogens with zero attached hydrogens (tertiary/aromatic N) is 2. The van der Waals surface area contributed by atoms with Gasteiger partial charge in [0.1, 0.15) is 9.35 Å². The molecular formula is C10H11IN2. The first-order valence-electron chi connectivity index (χ1n) is 4.31. The van der Waals surface area contributed by atoms with Crippen LogP contribution in [0.4, 0.5) is 0 Å². The van der Waals surface area contributed by atoms with Crippen LogP contribution in [-0.2, 0) is 0 Å². The highest BCUT2D eigenvalue weighted by Gasteiger charge is 2.02. The first kappa shape index (κ1) is 8.99. The Bertz CT molecular complexity index is 431. The molecule has 0 spiro atoms. The number of hydrogen-bond acceptors (Lipinski definition) is 1. The van der Waals surface area contributed by atoms with Crippen molar-refractivity contribution in [3.8, 4) is 0 Å². The zero-order valence-electron chi connectivity index (χ0n) is 7.66. The molecule has 68 valence electrons. The molecule has 2 heterocycles. The fourth-order valence-corrected chi connectivity index (χ4v) is 1.87. The number of aromatic nitrogens is 2. The van der Waals surface area contributed by atoms with Gasteiger partial charge in [-0.25, -0.2) is 4.98 Å². The van der Waals surface area contributed by atoms with Gasteiger partial charge in [0.25, 0.3) is 0 Å². The highest BCUT2D eigenvalue weighted by Crippen LogP contribution is 2.16. The van der Waals surface area contributed by atoms with Gasteiger partial charge in [-0.1, -0.05) is 13.8 Å². The molecule has 0 N–H and O–H groups in total. The van der Waals surface area contributed by atoms with Crippen LogP contribution < -0.4 is 0 Å². The zero-order valence-corrected chi connectivity index (χ0v) is 9.82. The van der Waals surface area contributed by atoms with E-state index in [-0.39, 0.29) is 0 Å². The third-order valence-corrected chi connectivity index (χ3v) is 2.64. The molecule has 2 aromatic rings. The molecule has 0 fully saturated rings. The Hall–Kier alpha value is -0.580. The number of hydrogen-bond donors (Lipinski definition) is 0. The summed E-state index contributed by atoms with van der Waals surface area (Å²) < 4.78 is 3.09. The van der Waals surface area contributed by atoms with E-state index in [1.54, 1.807) is 0 Å². The molecule has 0 aliphatic rings. The molecule has 0 radical (unpaired) electrons. The maximum atomic E-state index is 4.41. The molecule has 2 nitrogen and oxygen atoms in total. The monoisotopic (exact) mass is 286 g/mol. The summed E-state index contributed by atoms with van der Waals surface area (Å²) in [4.78, 5) is 4.41. The third kappa shape index (κ3) is 1.70. The van der Waals surface area contributed by atoms with E-state index < -0.39 is 0 Å². The van der Waals surface area contributed by atoms with E-state index in [4.69, 9.17) is 0 Å². The number of halogens is 1. The number of rotatable bonds is 1. The topological polar surface area (TPSA) is 17.3 Å². The van der Waals surface area contributed by atoms with Crippen molar-refractivity contribution in [1.82, 2.24) is 9.38 Å². The lowest BCUT2D eigenvalue weighted by Gasteiger charge is -2.04. The highest BCUT2D eigenvalue weighted by molar-refractivity contribution is 14.1. The van der Waals surface area contributed by atoms with Crippen molar-refractivity contribution in [2.24, 2.45) is 0 Å². The number of pyridine rings is 1. The standard InChI is InChI=1S/C10H11IN2/c1-7(2)8-3-4-13-6-9(11)12-10(13)5-8/h3-7H,1-2H3. The van der Waals surface area contributed by atoms with Crippen LogP contribution in [0, 0.1) is 3.70 Å². The summed E-state index contributed by atoms with van der Waals surface area (Å²) in [5.41, 5.74) is 2.38. The van der Waals surface area contributed by atoms with Crippen LogP contribution in [0.5, 0.6) is 0 Å². The van der Waals surface area contributed by atoms with Crippen molar-refractivity contribution in [3.63, 3.8) is 0 Å². The van der Waals surface area contributed by atoms with Crippen LogP contribution in [0.2, 0.25) is 0 Å². The molecule has 13 heavy (non-hydrogen) atoms. The minimum atomic E-state index is 0.569. The quantitative estimate of drug-likeness (QED) is 0.736. The molecule has 0 aliphatic carbocycles. The Morgan fingerprint density at radius 1 is 1.46 bits per heavy atom. The molecule has 0 aliphatic heterocycles. The van der Waals surface area contributed by atoms with Gasteiger partial charge in [-0.05, 0) is 46.2 Å². The largest absolute Gasteiger partial charge is 0.306 e. The van der Waals surface area contributed by atoms with Gasteiger partial charge in [0.2, 0.25) is 0 Å². The molecule has 0 saturated heterocycles. The minimum absolute atomic E-state index is 0.569. The molecule has 3 heteroatoms. The normalized spacial score (nSPS) is 11.4. The maximum absolute atomic E-state index is 4.41. The van der Waals surface area contributed by atoms with E-state index >= 15 is 0 Å². The highest BCUT2D eigenvalue weighted by atomic mass is 127. The van der Waals surface area contributed by atoms with E-state index in [0.29, 0.717) is 5.92 Å². The summed E-state index contributed by atoms with van der Waals surface area (Å²) >= 11 is 2.23. The van der Waals surface area contributed by atoms with E-state index in [2.05, 4.69) is 59.8 Å². The van der Waals surface area contributed by atoms with Crippen molar-refractivity contribution < 1.29 is 0 Å². The third-order valence-electron chi connectivity index (χ3n) is 2.12. The smallest absolute Gasteiger partial charge is 0.138 e. The average molecular weight is 286 g/mol. The van der Waals surface area contributed by atoms with Gasteiger partial charge in [-0.2, -0.15) is 0 Å². The van der Waals surface area contributed by atoms with Crippen LogP contribution in [0.15, 0.2) is 24.5 Å². The molecular weight excluding hydrogens is 275 g/mol. The SMILES string of the molecule is CC(C)c1ccn2cc(I)nc2c1. The Balaban J connectivity index is 2.61. The van der Waals surface area contributed by atoms with Gasteiger partial charge in [0.05, 0.1) is 0 Å². The van der Waals surface area contributed by atoms with Crippen LogP contribution in [0.25, 0.3) is 5.65 Å². The van der Waals surface area contributed by atoms with Gasteiger partial charge in [0, 0.05) is 12.4 Å². The lowest BCUT2D eigenvalue weighted by Crippen LogP contribution is -1.90. The summed E-state index contributed by atoms with van der Waals surface area (Å²) in [6.07, 6.45) is 4.10. The zero-order chi connectivity index (χ0) is 9.42. The second-order valence-electron chi connectivity index (χ2n) is 3.44. The molecule has 0 bridgehead atoms. The lowest BCUT2D eigenvalue weighted by atomic mass is 10.1. The number of fused-ring (bicyclic) bond motifs is 1. The maximum Gasteiger partial charge on any atom is 0.138 e. The van der Waals surface area contributed by atoms with Crippen LogP contribution in [-0.4, -0.2) is 9.38 Å². The van der Waals surface area contributed by atoms with Crippen LogP contribution in [0.3, 0.4) is 0 Å². The second-order valence-corrected chi connectivity index (χ2v) is 4.55. The first-order chi connectivity index (χ1) is 6.16. The Morgan fingerprint density at radius 2 is 2.23 bits per heavy atom. The van der Waals surface area contributed by atoms with Gasteiger partial charge in [-0.3, -0.25) is 0 Å². The van der Waals surface area contributed by atoms with Crippen LogP contribution in [0.1, 0.15) is 25.3 Å². The minimum Gasteiger partial charge on any atom is -0.306 e. The first-order valence-corrected chi connectivity index (χ1v) is 5.39. The van der Waals surface area contributed by atoms with Crippen molar-refractivity contribution >= 4 is 28.2 Å². The molecule has 0 saturated carbocycles. The van der Waals surface area contributed by atoms with E-state index in [1.165, 1.54) is 5.56 Å². The summed E-state index contributed by atoms with van der Waals surface area (Å²) in [5, 5.41) is 0. The van der Waals surface area contributed by atoms with E-state index in [0.717, 1.165) is 9.35 Å². The summed E-state index contributed by atoms with van der Waals surface area (Å²) in [6, 6.07) is 4.29. The van der Waals surface area contributed by atoms with Crippen molar-refractivity contribution in [3.05, 3.63) is 33.8 Å². The molecule has 0 aromatic carbocycles. The molecule has 2 rings (SSSR count). The Labute approximate surface area is 91.1 Å². The van der Waals surface area contributed by atoms with Gasteiger partial charge < -0.3 is 4.40 Å². The summed E-state index contributed by atoms with van der Waals surface area (Å²) in [7, 11) is 0. The van der Waals surface area contributed by atoms with Crippen molar-refractivity contribution in [2.75, 3.05) is 0 Å². The fourth-order valence-electron chi connectivity index (χ4n) is 1.33. The summed E-state index contributed by atoms with van der Waals surface area (Å²) in [6.45, 7) is 4.39. The molecule has 0 unspecified atom stereocenters. The molecule has 2 aromatic heterocycles. The lowest BCUT2D eigenvalue weighted by molar-refractivity contribution is 0.863. The molecule has 0 atom stereocenters. The van der Waals surface area contributed by atoms with Crippen molar-refractivity contribution in [2.45, 2.75) is 19.8 Å². The van der Waals surface area contributed by atoms with Crippen LogP contribution >= 0.6 is 22.6 Å². The molecule has 0 amide bonds. The average Bonchev–Trinajstić information content (AvgIpc) is 2.42. The number of imidazole rings is 1. The Morgan fingerprint density at radius 3 is 2.92 bits per heavy atom. The van der Waals surface area contributed by atoms with E-state index in [1.807, 2.05) is 10.6 Å². The fraction of sp³-hybridized carbons (Fsp3) is 0.300. The van der Waals surface area contributed by atoms with Gasteiger partial charge >= 0.3 is 0 Å². The predicted molar refractivity (Wildman–Crippen MR) is 62.0 cm³/mol.